The maximum Gasteiger partial charge on any atom is 0.416 e. The molecular weight excluding hydrogens is 303 g/mol. The van der Waals surface area contributed by atoms with Gasteiger partial charge >= 0.3 is 12.1 Å². The van der Waals surface area contributed by atoms with Crippen molar-refractivity contribution in [1.82, 2.24) is 0 Å². The summed E-state index contributed by atoms with van der Waals surface area (Å²) in [6.07, 6.45) is -4.65. The number of esters is 1. The molecule has 0 N–H and O–H groups in total. The van der Waals surface area contributed by atoms with Crippen LogP contribution >= 0.6 is 0 Å². The van der Waals surface area contributed by atoms with Crippen LogP contribution in [0.2, 0.25) is 0 Å². The van der Waals surface area contributed by atoms with Crippen LogP contribution in [0.15, 0.2) is 18.2 Å². The second-order valence-electron chi connectivity index (χ2n) is 3.50. The van der Waals surface area contributed by atoms with E-state index in [9.17, 15) is 26.7 Å². The minimum atomic E-state index is -4.65. The summed E-state index contributed by atoms with van der Waals surface area (Å²) in [5.74, 6) is -1.06. The van der Waals surface area contributed by atoms with E-state index in [0.717, 1.165) is 20.2 Å². The number of methoxy groups -OCH3 is 1. The van der Waals surface area contributed by atoms with Gasteiger partial charge in [-0.15, -0.1) is 0 Å². The van der Waals surface area contributed by atoms with E-state index in [1.54, 1.807) is 0 Å². The van der Waals surface area contributed by atoms with Crippen LogP contribution in [0.5, 0.6) is 0 Å². The Morgan fingerprint density at radius 1 is 1.40 bits per heavy atom. The number of alkyl halides is 3. The number of benzene rings is 1. The molecule has 10 heteroatoms. The number of hydrogen-bond acceptors (Lipinski definition) is 6. The molecule has 0 aliphatic carbocycles. The van der Waals surface area contributed by atoms with Crippen molar-refractivity contribution >= 4 is 23.0 Å². The molecule has 0 heterocycles. The van der Waals surface area contributed by atoms with Gasteiger partial charge in [-0.25, -0.2) is 14.1 Å². The number of anilines is 1. The topological polar surface area (TPSA) is 78.9 Å². The standard InChI is InChI=1S/C10H10F3NO5S/c1-14(19-20(16)17)8-4-3-6(10(11,12)13)5-7(8)9(15)18-2/h3-5H,1-2H3,(H,16,17)/p-1. The molecule has 1 aromatic rings. The average molecular weight is 312 g/mol. The van der Waals surface area contributed by atoms with Crippen LogP contribution in [0, 0.1) is 0 Å². The lowest BCUT2D eigenvalue weighted by Crippen LogP contribution is -2.22. The SMILES string of the molecule is COC(=O)c1cc(C(F)(F)F)ccc1N(C)OS(=O)[O-]. The van der Waals surface area contributed by atoms with Crippen molar-refractivity contribution < 1.29 is 35.7 Å². The molecule has 0 saturated carbocycles. The summed E-state index contributed by atoms with van der Waals surface area (Å²) in [5.41, 5.74) is -1.73. The van der Waals surface area contributed by atoms with E-state index >= 15 is 0 Å². The lowest BCUT2D eigenvalue weighted by atomic mass is 10.1. The highest BCUT2D eigenvalue weighted by molar-refractivity contribution is 7.74. The Bertz CT molecular complexity index is 534. The quantitative estimate of drug-likeness (QED) is 0.478. The van der Waals surface area contributed by atoms with Crippen LogP contribution in [-0.4, -0.2) is 28.9 Å². The highest BCUT2D eigenvalue weighted by Gasteiger charge is 2.32. The van der Waals surface area contributed by atoms with Gasteiger partial charge < -0.3 is 9.29 Å². The van der Waals surface area contributed by atoms with E-state index in [2.05, 4.69) is 9.02 Å². The number of hydrogen-bond donors (Lipinski definition) is 0. The Balaban J connectivity index is 3.30. The molecule has 0 spiro atoms. The molecule has 112 valence electrons. The first-order valence-corrected chi connectivity index (χ1v) is 5.97. The van der Waals surface area contributed by atoms with Crippen molar-refractivity contribution in [2.24, 2.45) is 0 Å². The fourth-order valence-corrected chi connectivity index (χ4v) is 1.65. The number of carbonyl (C=O) groups excluding carboxylic acids is 1. The molecule has 0 amide bonds. The number of rotatable bonds is 4. The van der Waals surface area contributed by atoms with E-state index < -0.39 is 34.6 Å². The smallest absolute Gasteiger partial charge is 0.416 e. The lowest BCUT2D eigenvalue weighted by Gasteiger charge is -2.22. The molecule has 6 nitrogen and oxygen atoms in total. The molecule has 1 unspecified atom stereocenters. The van der Waals surface area contributed by atoms with E-state index in [1.165, 1.54) is 0 Å². The van der Waals surface area contributed by atoms with Crippen LogP contribution in [0.25, 0.3) is 0 Å². The fraction of sp³-hybridized carbons (Fsp3) is 0.300. The fourth-order valence-electron chi connectivity index (χ4n) is 1.39. The summed E-state index contributed by atoms with van der Waals surface area (Å²) >= 11 is -2.94. The first-order valence-electron chi connectivity index (χ1n) is 4.97. The van der Waals surface area contributed by atoms with Crippen molar-refractivity contribution in [1.29, 1.82) is 0 Å². The second kappa shape index (κ2) is 6.20. The molecular formula is C10H9F3NO5S-. The maximum absolute atomic E-state index is 12.6. The van der Waals surface area contributed by atoms with Crippen LogP contribution in [-0.2, 0) is 26.6 Å². The van der Waals surface area contributed by atoms with Gasteiger partial charge in [0.05, 0.1) is 23.9 Å². The Kier molecular flexibility index (Phi) is 5.09. The van der Waals surface area contributed by atoms with Gasteiger partial charge in [0.15, 0.2) is 0 Å². The number of hydroxylamine groups is 1. The number of ether oxygens (including phenoxy) is 1. The predicted octanol–water partition coefficient (Wildman–Crippen LogP) is 1.65. The Labute approximate surface area is 114 Å². The van der Waals surface area contributed by atoms with Crippen molar-refractivity contribution in [3.8, 4) is 0 Å². The van der Waals surface area contributed by atoms with Crippen LogP contribution < -0.4 is 5.06 Å². The maximum atomic E-state index is 12.6. The second-order valence-corrected chi connectivity index (χ2v) is 4.05. The third-order valence-corrected chi connectivity index (χ3v) is 2.59. The third-order valence-electron chi connectivity index (χ3n) is 2.24. The summed E-state index contributed by atoms with van der Waals surface area (Å²) in [6.45, 7) is 0. The largest absolute Gasteiger partial charge is 0.748 e. The minimum Gasteiger partial charge on any atom is -0.748 e. The van der Waals surface area contributed by atoms with Crippen LogP contribution in [0.4, 0.5) is 18.9 Å². The number of nitrogens with zero attached hydrogens (tertiary/aromatic N) is 1. The monoisotopic (exact) mass is 312 g/mol. The summed E-state index contributed by atoms with van der Waals surface area (Å²) in [4.78, 5) is 11.5. The van der Waals surface area contributed by atoms with Crippen molar-refractivity contribution in [3.05, 3.63) is 29.3 Å². The Morgan fingerprint density at radius 2 is 2.00 bits per heavy atom. The zero-order chi connectivity index (χ0) is 15.5. The summed E-state index contributed by atoms with van der Waals surface area (Å²) in [5, 5.41) is 0.634. The lowest BCUT2D eigenvalue weighted by molar-refractivity contribution is -0.137. The van der Waals surface area contributed by atoms with Crippen LogP contribution in [0.3, 0.4) is 0 Å². The molecule has 1 atom stereocenters. The summed E-state index contributed by atoms with van der Waals surface area (Å²) in [7, 11) is 2.10. The normalized spacial score (nSPS) is 12.9. The molecule has 0 radical (unpaired) electrons. The first kappa shape index (κ1) is 16.4. The van der Waals surface area contributed by atoms with Crippen LogP contribution in [0.1, 0.15) is 15.9 Å². The van der Waals surface area contributed by atoms with Crippen molar-refractivity contribution in [2.45, 2.75) is 6.18 Å². The van der Waals surface area contributed by atoms with Gasteiger partial charge in [0.2, 0.25) is 0 Å². The molecule has 0 aliphatic rings. The third kappa shape index (κ3) is 3.92. The van der Waals surface area contributed by atoms with E-state index in [-0.39, 0.29) is 5.69 Å². The minimum absolute atomic E-state index is 0.186. The number of halogens is 3. The molecule has 0 bridgehead atoms. The van der Waals surface area contributed by atoms with Gasteiger partial charge in [-0.05, 0) is 18.2 Å². The molecule has 0 fully saturated rings. The first-order chi connectivity index (χ1) is 9.16. The van der Waals surface area contributed by atoms with Crippen molar-refractivity contribution in [3.63, 3.8) is 0 Å². The zero-order valence-corrected chi connectivity index (χ0v) is 11.1. The van der Waals surface area contributed by atoms with Crippen molar-refractivity contribution in [2.75, 3.05) is 19.2 Å². The van der Waals surface area contributed by atoms with Gasteiger partial charge in [0.25, 0.3) is 0 Å². The molecule has 0 aliphatic heterocycles. The van der Waals surface area contributed by atoms with E-state index in [4.69, 9.17) is 0 Å². The molecule has 0 aromatic heterocycles. The highest BCUT2D eigenvalue weighted by Crippen LogP contribution is 2.33. The number of carbonyl (C=O) groups is 1. The summed E-state index contributed by atoms with van der Waals surface area (Å²) in [6, 6.07) is 2.14. The molecule has 1 rings (SSSR count). The Morgan fingerprint density at radius 3 is 2.45 bits per heavy atom. The van der Waals surface area contributed by atoms with E-state index in [1.807, 2.05) is 0 Å². The average Bonchev–Trinajstić information content (AvgIpc) is 2.35. The molecule has 0 saturated heterocycles. The Hall–Kier alpha value is -1.65. The molecule has 1 aromatic carbocycles. The van der Waals surface area contributed by atoms with Gasteiger partial charge in [0, 0.05) is 7.05 Å². The predicted molar refractivity (Wildman–Crippen MR) is 61.2 cm³/mol. The van der Waals surface area contributed by atoms with Gasteiger partial charge in [0.1, 0.15) is 11.4 Å². The van der Waals surface area contributed by atoms with Gasteiger partial charge in [-0.1, -0.05) is 0 Å². The van der Waals surface area contributed by atoms with Gasteiger partial charge in [-0.3, -0.25) is 0 Å². The van der Waals surface area contributed by atoms with E-state index in [0.29, 0.717) is 17.2 Å². The summed E-state index contributed by atoms with van der Waals surface area (Å²) < 4.78 is 67.2. The molecule has 20 heavy (non-hydrogen) atoms. The highest BCUT2D eigenvalue weighted by atomic mass is 32.2. The zero-order valence-electron chi connectivity index (χ0n) is 10.3. The van der Waals surface area contributed by atoms with Gasteiger partial charge in [-0.2, -0.15) is 17.5 Å².